The predicted octanol–water partition coefficient (Wildman–Crippen LogP) is 1.69. The number of aliphatic hydroxyl groups excluding tert-OH is 1. The minimum atomic E-state index is 0.0346. The van der Waals surface area contributed by atoms with Gasteiger partial charge in [-0.05, 0) is 30.5 Å². The first-order valence-electron chi connectivity index (χ1n) is 4.49. The molecule has 1 saturated carbocycles. The van der Waals surface area contributed by atoms with E-state index in [0.717, 1.165) is 18.4 Å². The van der Waals surface area contributed by atoms with Crippen LogP contribution in [0.2, 0.25) is 0 Å². The van der Waals surface area contributed by atoms with Gasteiger partial charge in [-0.3, -0.25) is 0 Å². The van der Waals surface area contributed by atoms with Crippen LogP contribution in [0, 0.1) is 12.3 Å². The van der Waals surface area contributed by atoms with Crippen LogP contribution in [0.3, 0.4) is 0 Å². The Morgan fingerprint density at radius 1 is 1.46 bits per heavy atom. The van der Waals surface area contributed by atoms with Gasteiger partial charge in [0.2, 0.25) is 0 Å². The van der Waals surface area contributed by atoms with Crippen LogP contribution in [0.1, 0.15) is 24.0 Å². The molecule has 0 radical (unpaired) electrons. The normalized spacial score (nSPS) is 17.8. The van der Waals surface area contributed by atoms with Crippen LogP contribution in [-0.2, 0) is 5.41 Å². The molecule has 1 heteroatoms. The summed E-state index contributed by atoms with van der Waals surface area (Å²) in [6.45, 7) is 0.237. The van der Waals surface area contributed by atoms with Crippen molar-refractivity contribution in [2.75, 3.05) is 6.61 Å². The lowest BCUT2D eigenvalue weighted by Crippen LogP contribution is -2.11. The third-order valence-corrected chi connectivity index (χ3v) is 2.80. The number of aliphatic hydroxyl groups is 1. The zero-order valence-electron chi connectivity index (χ0n) is 7.46. The Hall–Kier alpha value is -1.26. The van der Waals surface area contributed by atoms with Gasteiger partial charge in [0.1, 0.15) is 0 Å². The summed E-state index contributed by atoms with van der Waals surface area (Å²) < 4.78 is 0. The van der Waals surface area contributed by atoms with Crippen LogP contribution in [-0.4, -0.2) is 11.7 Å². The maximum Gasteiger partial charge on any atom is 0.0527 e. The molecule has 1 nitrogen and oxygen atoms in total. The van der Waals surface area contributed by atoms with E-state index in [0.29, 0.717) is 0 Å². The standard InChI is InChI=1S/C12H12O/c1-2-10-4-3-5-11(8-10)12(9-13)6-7-12/h1,3-5,8,13H,6-7,9H2. The molecule has 0 bridgehead atoms. The fourth-order valence-electron chi connectivity index (χ4n) is 1.63. The Kier molecular flexibility index (Phi) is 1.86. The van der Waals surface area contributed by atoms with Crippen molar-refractivity contribution in [1.82, 2.24) is 0 Å². The Labute approximate surface area is 78.4 Å². The van der Waals surface area contributed by atoms with Crippen molar-refractivity contribution in [2.24, 2.45) is 0 Å². The van der Waals surface area contributed by atoms with E-state index in [2.05, 4.69) is 5.92 Å². The fraction of sp³-hybridized carbons (Fsp3) is 0.333. The third kappa shape index (κ3) is 1.34. The van der Waals surface area contributed by atoms with Crippen LogP contribution in [0.5, 0.6) is 0 Å². The highest BCUT2D eigenvalue weighted by atomic mass is 16.3. The van der Waals surface area contributed by atoms with Gasteiger partial charge in [0.25, 0.3) is 0 Å². The van der Waals surface area contributed by atoms with E-state index in [1.54, 1.807) is 0 Å². The van der Waals surface area contributed by atoms with Crippen molar-refractivity contribution >= 4 is 0 Å². The topological polar surface area (TPSA) is 20.2 Å². The highest BCUT2D eigenvalue weighted by molar-refractivity contribution is 5.40. The highest BCUT2D eigenvalue weighted by Gasteiger charge is 2.43. The molecule has 0 aromatic heterocycles. The van der Waals surface area contributed by atoms with E-state index in [9.17, 15) is 5.11 Å². The van der Waals surface area contributed by atoms with Crippen molar-refractivity contribution in [3.05, 3.63) is 35.4 Å². The molecule has 0 aliphatic heterocycles. The van der Waals surface area contributed by atoms with Gasteiger partial charge in [-0.1, -0.05) is 18.1 Å². The van der Waals surface area contributed by atoms with Crippen molar-refractivity contribution in [3.8, 4) is 12.3 Å². The quantitative estimate of drug-likeness (QED) is 0.673. The molecule has 0 atom stereocenters. The van der Waals surface area contributed by atoms with Crippen LogP contribution < -0.4 is 0 Å². The number of hydrogen-bond acceptors (Lipinski definition) is 1. The van der Waals surface area contributed by atoms with Crippen LogP contribution in [0.4, 0.5) is 0 Å². The zero-order valence-corrected chi connectivity index (χ0v) is 7.46. The summed E-state index contributed by atoms with van der Waals surface area (Å²) in [5, 5.41) is 9.22. The first kappa shape index (κ1) is 8.34. The van der Waals surface area contributed by atoms with Gasteiger partial charge in [0.15, 0.2) is 0 Å². The molecule has 1 aromatic rings. The number of hydrogen-bond donors (Lipinski definition) is 1. The molecular formula is C12H12O. The van der Waals surface area contributed by atoms with E-state index < -0.39 is 0 Å². The lowest BCUT2D eigenvalue weighted by atomic mass is 9.95. The predicted molar refractivity (Wildman–Crippen MR) is 52.4 cm³/mol. The summed E-state index contributed by atoms with van der Waals surface area (Å²) >= 11 is 0. The molecule has 0 spiro atoms. The molecule has 1 aliphatic carbocycles. The lowest BCUT2D eigenvalue weighted by Gasteiger charge is -2.11. The molecule has 2 rings (SSSR count). The van der Waals surface area contributed by atoms with Crippen molar-refractivity contribution < 1.29 is 5.11 Å². The second-order valence-electron chi connectivity index (χ2n) is 3.66. The molecule has 0 unspecified atom stereocenters. The van der Waals surface area contributed by atoms with Crippen LogP contribution in [0.25, 0.3) is 0 Å². The summed E-state index contributed by atoms with van der Waals surface area (Å²) in [6, 6.07) is 7.92. The van der Waals surface area contributed by atoms with Gasteiger partial charge in [-0.15, -0.1) is 6.42 Å². The SMILES string of the molecule is C#Cc1cccc(C2(CO)CC2)c1. The maximum atomic E-state index is 9.22. The van der Waals surface area contributed by atoms with Gasteiger partial charge in [-0.25, -0.2) is 0 Å². The minimum absolute atomic E-state index is 0.0346. The number of terminal acetylenes is 1. The Morgan fingerprint density at radius 3 is 2.77 bits per heavy atom. The molecule has 0 amide bonds. The third-order valence-electron chi connectivity index (χ3n) is 2.80. The molecule has 13 heavy (non-hydrogen) atoms. The van der Waals surface area contributed by atoms with Gasteiger partial charge < -0.3 is 5.11 Å². The Bertz CT molecular complexity index is 356. The van der Waals surface area contributed by atoms with Gasteiger partial charge >= 0.3 is 0 Å². The summed E-state index contributed by atoms with van der Waals surface area (Å²) in [4.78, 5) is 0. The van der Waals surface area contributed by atoms with Crippen LogP contribution in [0.15, 0.2) is 24.3 Å². The molecule has 1 fully saturated rings. The summed E-state index contributed by atoms with van der Waals surface area (Å²) in [5.41, 5.74) is 2.12. The molecule has 1 aliphatic rings. The van der Waals surface area contributed by atoms with Gasteiger partial charge in [-0.2, -0.15) is 0 Å². The average molecular weight is 172 g/mol. The van der Waals surface area contributed by atoms with Crippen molar-refractivity contribution in [2.45, 2.75) is 18.3 Å². The van der Waals surface area contributed by atoms with E-state index in [1.807, 2.05) is 24.3 Å². The van der Waals surface area contributed by atoms with Crippen molar-refractivity contribution in [1.29, 1.82) is 0 Å². The second kappa shape index (κ2) is 2.90. The van der Waals surface area contributed by atoms with E-state index in [1.165, 1.54) is 5.56 Å². The Morgan fingerprint density at radius 2 is 2.23 bits per heavy atom. The zero-order chi connectivity index (χ0) is 9.31. The maximum absolute atomic E-state index is 9.22. The first-order chi connectivity index (χ1) is 6.30. The van der Waals surface area contributed by atoms with Crippen molar-refractivity contribution in [3.63, 3.8) is 0 Å². The summed E-state index contributed by atoms with van der Waals surface area (Å²) in [5.74, 6) is 2.61. The molecule has 0 saturated heterocycles. The number of rotatable bonds is 2. The lowest BCUT2D eigenvalue weighted by molar-refractivity contribution is 0.255. The minimum Gasteiger partial charge on any atom is -0.395 e. The smallest absolute Gasteiger partial charge is 0.0527 e. The first-order valence-corrected chi connectivity index (χ1v) is 4.49. The average Bonchev–Trinajstić information content (AvgIpc) is 2.99. The fourth-order valence-corrected chi connectivity index (χ4v) is 1.63. The van der Waals surface area contributed by atoms with E-state index in [4.69, 9.17) is 6.42 Å². The molecule has 66 valence electrons. The van der Waals surface area contributed by atoms with Gasteiger partial charge in [0, 0.05) is 11.0 Å². The molecule has 1 aromatic carbocycles. The van der Waals surface area contributed by atoms with E-state index >= 15 is 0 Å². The monoisotopic (exact) mass is 172 g/mol. The molecular weight excluding hydrogens is 160 g/mol. The van der Waals surface area contributed by atoms with Gasteiger partial charge in [0.05, 0.1) is 6.61 Å². The number of benzene rings is 1. The molecule has 0 heterocycles. The summed E-state index contributed by atoms with van der Waals surface area (Å²) in [6.07, 6.45) is 7.47. The van der Waals surface area contributed by atoms with E-state index in [-0.39, 0.29) is 12.0 Å². The molecule has 1 N–H and O–H groups in total. The van der Waals surface area contributed by atoms with Crippen LogP contribution >= 0.6 is 0 Å². The largest absolute Gasteiger partial charge is 0.395 e. The Balaban J connectivity index is 2.37. The summed E-state index contributed by atoms with van der Waals surface area (Å²) in [7, 11) is 0. The second-order valence-corrected chi connectivity index (χ2v) is 3.66. The highest BCUT2D eigenvalue weighted by Crippen LogP contribution is 2.47.